The Morgan fingerprint density at radius 2 is 2.00 bits per heavy atom. The van der Waals surface area contributed by atoms with Gasteiger partial charge in [-0.2, -0.15) is 0 Å². The second-order valence-electron chi connectivity index (χ2n) is 4.80. The van der Waals surface area contributed by atoms with Crippen molar-refractivity contribution in [1.82, 2.24) is 14.5 Å². The largest absolute Gasteiger partial charge is 0.478 e. The van der Waals surface area contributed by atoms with Crippen molar-refractivity contribution in [3.63, 3.8) is 0 Å². The number of fused-ring (bicyclic) bond motifs is 1. The van der Waals surface area contributed by atoms with Gasteiger partial charge in [0.15, 0.2) is 0 Å². The third-order valence-corrected chi connectivity index (χ3v) is 3.49. The molecule has 0 radical (unpaired) electrons. The Bertz CT molecular complexity index is 794. The number of hydrogen-bond donors (Lipinski definition) is 1. The first kappa shape index (κ1) is 13.3. The Morgan fingerprint density at radius 3 is 2.67 bits per heavy atom. The van der Waals surface area contributed by atoms with Gasteiger partial charge in [-0.1, -0.05) is 13.0 Å². The highest BCUT2D eigenvalue weighted by molar-refractivity contribution is 6.01. The molecule has 0 saturated heterocycles. The van der Waals surface area contributed by atoms with Crippen LogP contribution in [0.5, 0.6) is 0 Å². The summed E-state index contributed by atoms with van der Waals surface area (Å²) < 4.78 is 2.07. The molecule has 5 nitrogen and oxygen atoms in total. The molecule has 1 aromatic carbocycles. The number of carbonyl (C=O) groups is 1. The second-order valence-corrected chi connectivity index (χ2v) is 4.80. The van der Waals surface area contributed by atoms with Crippen molar-refractivity contribution in [2.75, 3.05) is 0 Å². The highest BCUT2D eigenvalue weighted by Crippen LogP contribution is 2.22. The number of para-hydroxylation sites is 1. The molecular formula is C16H15N3O2. The Morgan fingerprint density at radius 1 is 1.24 bits per heavy atom. The maximum Gasteiger partial charge on any atom is 0.337 e. The number of aromatic nitrogens is 3. The van der Waals surface area contributed by atoms with Crippen LogP contribution in [0.4, 0.5) is 0 Å². The summed E-state index contributed by atoms with van der Waals surface area (Å²) in [6.07, 6.45) is 4.25. The molecule has 3 rings (SSSR count). The van der Waals surface area contributed by atoms with Crippen LogP contribution in [0.15, 0.2) is 42.7 Å². The average Bonchev–Trinajstić information content (AvgIpc) is 2.86. The van der Waals surface area contributed by atoms with E-state index in [0.717, 1.165) is 23.3 Å². The number of aromatic carboxylic acids is 1. The van der Waals surface area contributed by atoms with E-state index in [1.54, 1.807) is 24.5 Å². The molecule has 0 spiro atoms. The van der Waals surface area contributed by atoms with E-state index >= 15 is 0 Å². The third-order valence-electron chi connectivity index (χ3n) is 3.49. The maximum absolute atomic E-state index is 11.3. The lowest BCUT2D eigenvalue weighted by Gasteiger charge is -2.08. The normalized spacial score (nSPS) is 10.9. The lowest BCUT2D eigenvalue weighted by Crippen LogP contribution is -2.04. The minimum Gasteiger partial charge on any atom is -0.478 e. The lowest BCUT2D eigenvalue weighted by molar-refractivity contribution is 0.0699. The molecule has 0 atom stereocenters. The minimum atomic E-state index is -0.947. The van der Waals surface area contributed by atoms with Gasteiger partial charge in [-0.3, -0.25) is 4.98 Å². The highest BCUT2D eigenvalue weighted by atomic mass is 16.4. The average molecular weight is 281 g/mol. The third kappa shape index (κ3) is 2.38. The van der Waals surface area contributed by atoms with Crippen molar-refractivity contribution in [3.8, 4) is 0 Å². The van der Waals surface area contributed by atoms with Crippen molar-refractivity contribution in [2.45, 2.75) is 19.9 Å². The van der Waals surface area contributed by atoms with E-state index in [9.17, 15) is 9.90 Å². The number of pyridine rings is 1. The fraction of sp³-hybridized carbons (Fsp3) is 0.188. The van der Waals surface area contributed by atoms with Gasteiger partial charge < -0.3 is 9.67 Å². The zero-order valence-corrected chi connectivity index (χ0v) is 11.7. The summed E-state index contributed by atoms with van der Waals surface area (Å²) in [5, 5.41) is 9.29. The van der Waals surface area contributed by atoms with Crippen LogP contribution < -0.4 is 0 Å². The van der Waals surface area contributed by atoms with E-state index < -0.39 is 5.97 Å². The first-order valence-electron chi connectivity index (χ1n) is 6.81. The van der Waals surface area contributed by atoms with Crippen molar-refractivity contribution < 1.29 is 9.90 Å². The summed E-state index contributed by atoms with van der Waals surface area (Å²) in [7, 11) is 0. The molecule has 0 unspecified atom stereocenters. The van der Waals surface area contributed by atoms with Crippen LogP contribution in [0.25, 0.3) is 11.0 Å². The molecule has 0 fully saturated rings. The summed E-state index contributed by atoms with van der Waals surface area (Å²) in [4.78, 5) is 19.9. The van der Waals surface area contributed by atoms with Gasteiger partial charge in [-0.15, -0.1) is 0 Å². The molecule has 0 amide bonds. The molecule has 2 heterocycles. The minimum absolute atomic E-state index is 0.246. The fourth-order valence-electron chi connectivity index (χ4n) is 2.48. The van der Waals surface area contributed by atoms with Crippen LogP contribution in [-0.4, -0.2) is 25.6 Å². The molecule has 0 aliphatic heterocycles. The molecule has 5 heteroatoms. The predicted octanol–water partition coefficient (Wildman–Crippen LogP) is 2.74. The zero-order chi connectivity index (χ0) is 14.8. The van der Waals surface area contributed by atoms with Gasteiger partial charge in [-0.05, 0) is 29.8 Å². The molecule has 106 valence electrons. The number of benzene rings is 1. The zero-order valence-electron chi connectivity index (χ0n) is 11.7. The van der Waals surface area contributed by atoms with Crippen LogP contribution in [0.2, 0.25) is 0 Å². The smallest absolute Gasteiger partial charge is 0.337 e. The molecule has 21 heavy (non-hydrogen) atoms. The van der Waals surface area contributed by atoms with Crippen LogP contribution in [-0.2, 0) is 13.0 Å². The number of nitrogens with zero attached hydrogens (tertiary/aromatic N) is 3. The summed E-state index contributed by atoms with van der Waals surface area (Å²) in [6, 6.07) is 9.16. The van der Waals surface area contributed by atoms with E-state index in [1.165, 1.54) is 0 Å². The van der Waals surface area contributed by atoms with Gasteiger partial charge in [0.1, 0.15) is 11.3 Å². The van der Waals surface area contributed by atoms with Crippen LogP contribution in [0.1, 0.15) is 28.7 Å². The Labute approximate surface area is 121 Å². The fourth-order valence-corrected chi connectivity index (χ4v) is 2.48. The lowest BCUT2D eigenvalue weighted by atomic mass is 10.2. The summed E-state index contributed by atoms with van der Waals surface area (Å²) >= 11 is 0. The van der Waals surface area contributed by atoms with E-state index in [-0.39, 0.29) is 5.56 Å². The van der Waals surface area contributed by atoms with Gasteiger partial charge in [-0.25, -0.2) is 9.78 Å². The van der Waals surface area contributed by atoms with Crippen LogP contribution in [0, 0.1) is 0 Å². The topological polar surface area (TPSA) is 68.0 Å². The first-order chi connectivity index (χ1) is 10.2. The Hall–Kier alpha value is -2.69. The monoisotopic (exact) mass is 281 g/mol. The van der Waals surface area contributed by atoms with E-state index in [4.69, 9.17) is 0 Å². The van der Waals surface area contributed by atoms with Crippen molar-refractivity contribution >= 4 is 17.0 Å². The number of rotatable bonds is 4. The summed E-state index contributed by atoms with van der Waals surface area (Å²) in [5.74, 6) is -0.0627. The number of hydrogen-bond acceptors (Lipinski definition) is 3. The molecule has 0 saturated carbocycles. The predicted molar refractivity (Wildman–Crippen MR) is 79.4 cm³/mol. The van der Waals surface area contributed by atoms with Gasteiger partial charge in [0.2, 0.25) is 0 Å². The van der Waals surface area contributed by atoms with E-state index in [0.29, 0.717) is 12.1 Å². The van der Waals surface area contributed by atoms with Crippen molar-refractivity contribution in [3.05, 3.63) is 59.7 Å². The van der Waals surface area contributed by atoms with E-state index in [2.05, 4.69) is 14.5 Å². The van der Waals surface area contributed by atoms with Crippen molar-refractivity contribution in [1.29, 1.82) is 0 Å². The Balaban J connectivity index is 2.17. The van der Waals surface area contributed by atoms with E-state index in [1.807, 2.05) is 25.1 Å². The SMILES string of the molecule is CCc1nc2c(C(=O)O)cccc2n1Cc1ccncc1. The van der Waals surface area contributed by atoms with Gasteiger partial charge in [0.25, 0.3) is 0 Å². The summed E-state index contributed by atoms with van der Waals surface area (Å²) in [5.41, 5.74) is 2.76. The number of imidazole rings is 1. The van der Waals surface area contributed by atoms with Crippen molar-refractivity contribution in [2.24, 2.45) is 0 Å². The molecule has 0 aliphatic carbocycles. The molecule has 3 aromatic rings. The standard InChI is InChI=1S/C16H15N3O2/c1-2-14-18-15-12(16(20)21)4-3-5-13(15)19(14)10-11-6-8-17-9-7-11/h3-9H,2,10H2,1H3,(H,20,21). The maximum atomic E-state index is 11.3. The molecular weight excluding hydrogens is 266 g/mol. The van der Waals surface area contributed by atoms with Crippen LogP contribution in [0.3, 0.4) is 0 Å². The second kappa shape index (κ2) is 5.36. The molecule has 0 bridgehead atoms. The van der Waals surface area contributed by atoms with Gasteiger partial charge >= 0.3 is 5.97 Å². The molecule has 2 aromatic heterocycles. The number of carboxylic acid groups (broad SMARTS) is 1. The number of aryl methyl sites for hydroxylation is 1. The quantitative estimate of drug-likeness (QED) is 0.798. The van der Waals surface area contributed by atoms with Crippen LogP contribution >= 0.6 is 0 Å². The highest BCUT2D eigenvalue weighted by Gasteiger charge is 2.16. The Kier molecular flexibility index (Phi) is 3.39. The molecule has 0 aliphatic rings. The number of carboxylic acids is 1. The van der Waals surface area contributed by atoms with Gasteiger partial charge in [0, 0.05) is 25.4 Å². The molecule has 1 N–H and O–H groups in total. The van der Waals surface area contributed by atoms with Gasteiger partial charge in [0.05, 0.1) is 11.1 Å². The summed E-state index contributed by atoms with van der Waals surface area (Å²) in [6.45, 7) is 2.68. The first-order valence-corrected chi connectivity index (χ1v) is 6.81.